The van der Waals surface area contributed by atoms with E-state index in [4.69, 9.17) is 0 Å². The molecule has 0 saturated carbocycles. The Morgan fingerprint density at radius 3 is 2.62 bits per heavy atom. The summed E-state index contributed by atoms with van der Waals surface area (Å²) in [6, 6.07) is 8.50. The molecule has 5 rings (SSSR count). The molecule has 1 fully saturated rings. The first-order chi connectivity index (χ1) is 17.8. The average molecular weight is 562 g/mol. The maximum Gasteiger partial charge on any atom is 0.242 e. The van der Waals surface area contributed by atoms with Gasteiger partial charge >= 0.3 is 0 Å². The Morgan fingerprint density at radius 1 is 1.14 bits per heavy atom. The van der Waals surface area contributed by atoms with Gasteiger partial charge in [0.25, 0.3) is 0 Å². The predicted octanol–water partition coefficient (Wildman–Crippen LogP) is 3.74. The Kier molecular flexibility index (Phi) is 6.90. The minimum Gasteiger partial charge on any atom is -0.309 e. The molecule has 0 aliphatic carbocycles. The summed E-state index contributed by atoms with van der Waals surface area (Å²) in [5.74, 6) is 0.0987. The van der Waals surface area contributed by atoms with Crippen LogP contribution in [0.4, 0.5) is 5.82 Å². The van der Waals surface area contributed by atoms with Gasteiger partial charge in [-0.1, -0.05) is 6.07 Å². The van der Waals surface area contributed by atoms with E-state index in [-0.39, 0.29) is 47.1 Å². The van der Waals surface area contributed by atoms with E-state index in [0.717, 1.165) is 30.5 Å². The number of nitrogens with zero attached hydrogens (tertiary/aromatic N) is 5. The number of rotatable bonds is 7. The van der Waals surface area contributed by atoms with Crippen molar-refractivity contribution in [3.05, 3.63) is 64.4 Å². The summed E-state index contributed by atoms with van der Waals surface area (Å²) in [5, 5.41) is 11.0. The molecule has 3 aromatic heterocycles. The van der Waals surface area contributed by atoms with E-state index in [1.165, 1.54) is 11.6 Å². The zero-order chi connectivity index (χ0) is 26.1. The number of nitrogens with one attached hydrogen (secondary N) is 2. The quantitative estimate of drug-likeness (QED) is 0.257. The lowest BCUT2D eigenvalue weighted by atomic mass is 10.1. The predicted molar refractivity (Wildman–Crippen MR) is 141 cm³/mol. The molecule has 1 aliphatic rings. The minimum atomic E-state index is -0.318. The van der Waals surface area contributed by atoms with Gasteiger partial charge in [0.2, 0.25) is 5.91 Å². The second kappa shape index (κ2) is 10.3. The third-order valence-electron chi connectivity index (χ3n) is 6.27. The van der Waals surface area contributed by atoms with Crippen LogP contribution in [-0.2, 0) is 11.3 Å². The number of Topliss-reactive ketones (excluding diaryl/α,β-unsaturated/α-hetero) is 2. The van der Waals surface area contributed by atoms with Crippen molar-refractivity contribution >= 4 is 50.1 Å². The van der Waals surface area contributed by atoms with Gasteiger partial charge in [0.15, 0.2) is 11.6 Å². The van der Waals surface area contributed by atoms with Gasteiger partial charge in [-0.15, -0.1) is 0 Å². The Bertz CT molecular complexity index is 1530. The molecule has 2 N–H and O–H groups in total. The van der Waals surface area contributed by atoms with Gasteiger partial charge in [-0.2, -0.15) is 5.10 Å². The largest absolute Gasteiger partial charge is 0.309 e. The number of carbonyl (C=O) groups excluding carboxylic acids is 3. The third-order valence-corrected chi connectivity index (χ3v) is 6.71. The molecule has 1 aromatic carbocycles. The van der Waals surface area contributed by atoms with Crippen LogP contribution in [0.2, 0.25) is 0 Å². The molecule has 4 heterocycles. The van der Waals surface area contributed by atoms with Crippen LogP contribution in [0, 0.1) is 6.92 Å². The summed E-state index contributed by atoms with van der Waals surface area (Å²) in [6.45, 7) is 3.88. The van der Waals surface area contributed by atoms with Crippen LogP contribution >= 0.6 is 15.9 Å². The molecule has 1 aliphatic heterocycles. The maximum atomic E-state index is 13.5. The first kappa shape index (κ1) is 24.8. The zero-order valence-electron chi connectivity index (χ0n) is 20.3. The number of pyridine rings is 1. The minimum absolute atomic E-state index is 0.147. The SMILES string of the molecule is CC(=O)c1nn(CC(=O)c2ccc(Br)nc2NC(=O)[C@@H]2CCCN2)c2cc(-c3cnc(C)nc3)ccc12. The topological polar surface area (TPSA) is 132 Å². The molecule has 4 aromatic rings. The summed E-state index contributed by atoms with van der Waals surface area (Å²) in [7, 11) is 0. The average Bonchev–Trinajstić information content (AvgIpc) is 3.53. The molecular weight excluding hydrogens is 538 g/mol. The fourth-order valence-electron chi connectivity index (χ4n) is 4.36. The Labute approximate surface area is 221 Å². The van der Waals surface area contributed by atoms with E-state index in [1.54, 1.807) is 24.5 Å². The molecular formula is C26H24BrN7O3. The van der Waals surface area contributed by atoms with E-state index in [0.29, 0.717) is 21.3 Å². The Hall–Kier alpha value is -3.83. The molecule has 1 amide bonds. The van der Waals surface area contributed by atoms with E-state index >= 15 is 0 Å². The van der Waals surface area contributed by atoms with E-state index in [9.17, 15) is 14.4 Å². The van der Waals surface area contributed by atoms with Crippen molar-refractivity contribution in [2.24, 2.45) is 0 Å². The van der Waals surface area contributed by atoms with Crippen LogP contribution in [0.3, 0.4) is 0 Å². The number of hydrogen-bond acceptors (Lipinski definition) is 8. The monoisotopic (exact) mass is 561 g/mol. The highest BCUT2D eigenvalue weighted by Gasteiger charge is 2.25. The van der Waals surface area contributed by atoms with E-state index < -0.39 is 0 Å². The first-order valence-electron chi connectivity index (χ1n) is 11.8. The lowest BCUT2D eigenvalue weighted by Crippen LogP contribution is -2.36. The summed E-state index contributed by atoms with van der Waals surface area (Å²) in [4.78, 5) is 51.3. The third kappa shape index (κ3) is 5.18. The van der Waals surface area contributed by atoms with Gasteiger partial charge in [-0.05, 0) is 72.1 Å². The molecule has 1 atom stereocenters. The van der Waals surface area contributed by atoms with Crippen molar-refractivity contribution in [2.45, 2.75) is 39.3 Å². The number of aromatic nitrogens is 5. The van der Waals surface area contributed by atoms with Gasteiger partial charge < -0.3 is 10.6 Å². The molecule has 0 radical (unpaired) electrons. The van der Waals surface area contributed by atoms with Crippen LogP contribution in [0.25, 0.3) is 22.0 Å². The second-order valence-corrected chi connectivity index (χ2v) is 9.72. The van der Waals surface area contributed by atoms with Crippen molar-refractivity contribution in [3.8, 4) is 11.1 Å². The van der Waals surface area contributed by atoms with Crippen molar-refractivity contribution in [2.75, 3.05) is 11.9 Å². The maximum absolute atomic E-state index is 13.5. The highest BCUT2D eigenvalue weighted by atomic mass is 79.9. The van der Waals surface area contributed by atoms with Gasteiger partial charge in [0.1, 0.15) is 28.5 Å². The van der Waals surface area contributed by atoms with Crippen molar-refractivity contribution < 1.29 is 14.4 Å². The Morgan fingerprint density at radius 2 is 1.92 bits per heavy atom. The van der Waals surface area contributed by atoms with Crippen LogP contribution < -0.4 is 10.6 Å². The number of halogens is 1. The summed E-state index contributed by atoms with van der Waals surface area (Å²) < 4.78 is 2.01. The van der Waals surface area contributed by atoms with Gasteiger partial charge in [0.05, 0.1) is 17.1 Å². The molecule has 11 heteroatoms. The van der Waals surface area contributed by atoms with Crippen LogP contribution in [-0.4, -0.2) is 54.8 Å². The second-order valence-electron chi connectivity index (χ2n) is 8.90. The standard InChI is InChI=1S/C26H24BrN7O3/c1-14(35)24-18-6-5-16(17-11-29-15(2)30-12-17)10-21(18)34(33-24)13-22(36)19-7-8-23(27)31-25(19)32-26(37)20-4-3-9-28-20/h5-8,10-12,20,28H,3-4,9,13H2,1-2H3,(H,31,32,37)/t20-/m0/s1. The first-order valence-corrected chi connectivity index (χ1v) is 12.6. The van der Waals surface area contributed by atoms with Gasteiger partial charge in [0, 0.05) is 30.3 Å². The number of anilines is 1. The number of benzene rings is 1. The number of amides is 1. The van der Waals surface area contributed by atoms with Crippen molar-refractivity contribution in [3.63, 3.8) is 0 Å². The molecule has 0 spiro atoms. The normalized spacial score (nSPS) is 15.2. The Balaban J connectivity index is 1.50. The van der Waals surface area contributed by atoms with E-state index in [2.05, 4.69) is 46.6 Å². The van der Waals surface area contributed by atoms with Gasteiger partial charge in [-0.3, -0.25) is 19.1 Å². The molecule has 0 bridgehead atoms. The van der Waals surface area contributed by atoms with Crippen molar-refractivity contribution in [1.29, 1.82) is 0 Å². The van der Waals surface area contributed by atoms with Crippen LogP contribution in [0.15, 0.2) is 47.3 Å². The fraction of sp³-hybridized carbons (Fsp3) is 0.269. The van der Waals surface area contributed by atoms with Crippen molar-refractivity contribution in [1.82, 2.24) is 30.0 Å². The summed E-state index contributed by atoms with van der Waals surface area (Å²) >= 11 is 3.32. The molecule has 0 unspecified atom stereocenters. The smallest absolute Gasteiger partial charge is 0.242 e. The highest BCUT2D eigenvalue weighted by molar-refractivity contribution is 9.10. The van der Waals surface area contributed by atoms with Crippen LogP contribution in [0.1, 0.15) is 46.4 Å². The number of aryl methyl sites for hydroxylation is 1. The van der Waals surface area contributed by atoms with E-state index in [1.807, 2.05) is 25.1 Å². The molecule has 10 nitrogen and oxygen atoms in total. The lowest BCUT2D eigenvalue weighted by Gasteiger charge is -2.14. The highest BCUT2D eigenvalue weighted by Crippen LogP contribution is 2.27. The molecule has 1 saturated heterocycles. The summed E-state index contributed by atoms with van der Waals surface area (Å²) in [6.07, 6.45) is 5.09. The fourth-order valence-corrected chi connectivity index (χ4v) is 4.67. The zero-order valence-corrected chi connectivity index (χ0v) is 21.9. The number of fused-ring (bicyclic) bond motifs is 1. The number of carbonyl (C=O) groups is 3. The lowest BCUT2D eigenvalue weighted by molar-refractivity contribution is -0.117. The number of ketones is 2. The van der Waals surface area contributed by atoms with Gasteiger partial charge in [-0.25, -0.2) is 15.0 Å². The molecule has 188 valence electrons. The summed E-state index contributed by atoms with van der Waals surface area (Å²) in [5.41, 5.74) is 2.80. The number of hydrogen-bond donors (Lipinski definition) is 2. The van der Waals surface area contributed by atoms with Crippen LogP contribution in [0.5, 0.6) is 0 Å². The molecule has 37 heavy (non-hydrogen) atoms.